The third-order valence-electron chi connectivity index (χ3n) is 2.75. The Hall–Kier alpha value is -0.980. The van der Waals surface area contributed by atoms with Crippen LogP contribution in [0.3, 0.4) is 0 Å². The molecule has 0 aromatic heterocycles. The molecule has 0 unspecified atom stereocenters. The van der Waals surface area contributed by atoms with Crippen LogP contribution in [0.1, 0.15) is 26.3 Å². The number of hydrogen-bond acceptors (Lipinski definition) is 4. The van der Waals surface area contributed by atoms with Gasteiger partial charge in [0.1, 0.15) is 11.9 Å². The second-order valence-corrected chi connectivity index (χ2v) is 6.54. The molecule has 0 radical (unpaired) electrons. The standard InChI is InChI=1S/C15H21BrFNO3/c1-15(2,3)21-9-18-13(14(19)20-4)8-10-7-11(16)5-6-12(10)17/h5-7,13,18H,8-9H2,1-4H3/t13-/m0/s1. The fourth-order valence-corrected chi connectivity index (χ4v) is 2.07. The van der Waals surface area contributed by atoms with Crippen molar-refractivity contribution in [2.75, 3.05) is 13.8 Å². The third-order valence-corrected chi connectivity index (χ3v) is 3.25. The summed E-state index contributed by atoms with van der Waals surface area (Å²) < 4.78 is 24.8. The van der Waals surface area contributed by atoms with Gasteiger partial charge in [-0.15, -0.1) is 0 Å². The molecule has 0 bridgehead atoms. The van der Waals surface area contributed by atoms with Crippen molar-refractivity contribution in [3.63, 3.8) is 0 Å². The molecule has 0 saturated heterocycles. The lowest BCUT2D eigenvalue weighted by Gasteiger charge is -2.23. The molecule has 0 spiro atoms. The number of carbonyl (C=O) groups excluding carboxylic acids is 1. The maximum atomic E-state index is 13.8. The van der Waals surface area contributed by atoms with Crippen LogP contribution in [-0.4, -0.2) is 31.5 Å². The van der Waals surface area contributed by atoms with Crippen molar-refractivity contribution in [3.8, 4) is 0 Å². The van der Waals surface area contributed by atoms with E-state index in [4.69, 9.17) is 9.47 Å². The van der Waals surface area contributed by atoms with Gasteiger partial charge in [-0.3, -0.25) is 10.1 Å². The number of esters is 1. The Morgan fingerprint density at radius 1 is 1.43 bits per heavy atom. The summed E-state index contributed by atoms with van der Waals surface area (Å²) in [5, 5.41) is 2.94. The number of nitrogens with one attached hydrogen (secondary N) is 1. The summed E-state index contributed by atoms with van der Waals surface area (Å²) in [5.74, 6) is -0.808. The van der Waals surface area contributed by atoms with Gasteiger partial charge >= 0.3 is 5.97 Å². The van der Waals surface area contributed by atoms with Gasteiger partial charge < -0.3 is 9.47 Å². The largest absolute Gasteiger partial charge is 0.468 e. The lowest BCUT2D eigenvalue weighted by molar-refractivity contribution is -0.144. The first-order valence-corrected chi connectivity index (χ1v) is 7.41. The van der Waals surface area contributed by atoms with E-state index in [1.165, 1.54) is 13.2 Å². The minimum Gasteiger partial charge on any atom is -0.468 e. The Morgan fingerprint density at radius 3 is 2.67 bits per heavy atom. The summed E-state index contributed by atoms with van der Waals surface area (Å²) in [5.41, 5.74) is 0.109. The molecular formula is C15H21BrFNO3. The maximum Gasteiger partial charge on any atom is 0.323 e. The number of ether oxygens (including phenoxy) is 2. The smallest absolute Gasteiger partial charge is 0.323 e. The molecule has 4 nitrogen and oxygen atoms in total. The van der Waals surface area contributed by atoms with Crippen molar-refractivity contribution in [2.24, 2.45) is 0 Å². The predicted octanol–water partition coefficient (Wildman–Crippen LogP) is 3.03. The first kappa shape index (κ1) is 18.1. The van der Waals surface area contributed by atoms with Crippen LogP contribution >= 0.6 is 15.9 Å². The van der Waals surface area contributed by atoms with Crippen LogP contribution in [0.2, 0.25) is 0 Å². The van der Waals surface area contributed by atoms with E-state index in [1.807, 2.05) is 20.8 Å². The Labute approximate surface area is 133 Å². The highest BCUT2D eigenvalue weighted by Crippen LogP contribution is 2.17. The minimum absolute atomic E-state index is 0.179. The van der Waals surface area contributed by atoms with E-state index in [2.05, 4.69) is 21.2 Å². The first-order chi connectivity index (χ1) is 9.73. The predicted molar refractivity (Wildman–Crippen MR) is 82.4 cm³/mol. The summed E-state index contributed by atoms with van der Waals surface area (Å²) in [7, 11) is 1.30. The highest BCUT2D eigenvalue weighted by molar-refractivity contribution is 9.10. The van der Waals surface area contributed by atoms with E-state index in [-0.39, 0.29) is 24.6 Å². The van der Waals surface area contributed by atoms with Crippen LogP contribution in [-0.2, 0) is 20.7 Å². The molecule has 1 aromatic rings. The zero-order valence-corrected chi connectivity index (χ0v) is 14.3. The van der Waals surface area contributed by atoms with Crippen LogP contribution in [0.25, 0.3) is 0 Å². The summed E-state index contributed by atoms with van der Waals surface area (Å²) in [4.78, 5) is 11.8. The van der Waals surface area contributed by atoms with Gasteiger partial charge in [0.25, 0.3) is 0 Å². The lowest BCUT2D eigenvalue weighted by Crippen LogP contribution is -2.42. The van der Waals surface area contributed by atoms with Gasteiger partial charge in [0, 0.05) is 10.9 Å². The average Bonchev–Trinajstić information content (AvgIpc) is 2.39. The van der Waals surface area contributed by atoms with E-state index in [0.29, 0.717) is 5.56 Å². The lowest BCUT2D eigenvalue weighted by atomic mass is 10.1. The molecular weight excluding hydrogens is 341 g/mol. The molecule has 0 fully saturated rings. The average molecular weight is 362 g/mol. The van der Waals surface area contributed by atoms with E-state index in [1.54, 1.807) is 12.1 Å². The topological polar surface area (TPSA) is 47.6 Å². The molecule has 21 heavy (non-hydrogen) atoms. The highest BCUT2D eigenvalue weighted by atomic mass is 79.9. The van der Waals surface area contributed by atoms with E-state index >= 15 is 0 Å². The Bertz CT molecular complexity index is 488. The summed E-state index contributed by atoms with van der Waals surface area (Å²) >= 11 is 3.29. The van der Waals surface area contributed by atoms with Crippen LogP contribution in [0, 0.1) is 5.82 Å². The minimum atomic E-state index is -0.666. The molecule has 1 N–H and O–H groups in total. The molecule has 0 heterocycles. The van der Waals surface area contributed by atoms with Crippen LogP contribution < -0.4 is 5.32 Å². The van der Waals surface area contributed by atoms with E-state index in [9.17, 15) is 9.18 Å². The van der Waals surface area contributed by atoms with Crippen LogP contribution in [0.4, 0.5) is 4.39 Å². The molecule has 0 saturated carbocycles. The van der Waals surface area contributed by atoms with Gasteiger partial charge in [0.05, 0.1) is 19.4 Å². The number of rotatable bonds is 6. The Morgan fingerprint density at radius 2 is 2.10 bits per heavy atom. The normalized spacial score (nSPS) is 13.0. The van der Waals surface area contributed by atoms with Gasteiger partial charge in [0.15, 0.2) is 0 Å². The first-order valence-electron chi connectivity index (χ1n) is 6.62. The number of hydrogen-bond donors (Lipinski definition) is 1. The molecule has 6 heteroatoms. The van der Waals surface area contributed by atoms with Crippen molar-refractivity contribution in [3.05, 3.63) is 34.1 Å². The van der Waals surface area contributed by atoms with Crippen molar-refractivity contribution in [2.45, 2.75) is 38.8 Å². The van der Waals surface area contributed by atoms with Crippen LogP contribution in [0.5, 0.6) is 0 Å². The molecule has 0 aliphatic rings. The highest BCUT2D eigenvalue weighted by Gasteiger charge is 2.22. The summed E-state index contributed by atoms with van der Waals surface area (Å²) in [6, 6.07) is 3.96. The molecule has 118 valence electrons. The van der Waals surface area contributed by atoms with Crippen molar-refractivity contribution in [1.82, 2.24) is 5.32 Å². The van der Waals surface area contributed by atoms with E-state index < -0.39 is 12.0 Å². The summed E-state index contributed by atoms with van der Waals surface area (Å²) in [6.07, 6.45) is 0.186. The second-order valence-electron chi connectivity index (χ2n) is 5.62. The molecule has 1 rings (SSSR count). The molecule has 1 atom stereocenters. The fourth-order valence-electron chi connectivity index (χ4n) is 1.66. The van der Waals surface area contributed by atoms with Crippen molar-refractivity contribution >= 4 is 21.9 Å². The zero-order chi connectivity index (χ0) is 16.0. The quantitative estimate of drug-likeness (QED) is 0.624. The van der Waals surface area contributed by atoms with Gasteiger partial charge in [-0.25, -0.2) is 4.39 Å². The second kappa shape index (κ2) is 7.87. The van der Waals surface area contributed by atoms with Gasteiger partial charge in [-0.2, -0.15) is 0 Å². The fraction of sp³-hybridized carbons (Fsp3) is 0.533. The summed E-state index contributed by atoms with van der Waals surface area (Å²) in [6.45, 7) is 5.92. The van der Waals surface area contributed by atoms with Crippen molar-refractivity contribution < 1.29 is 18.7 Å². The van der Waals surface area contributed by atoms with Crippen LogP contribution in [0.15, 0.2) is 22.7 Å². The zero-order valence-electron chi connectivity index (χ0n) is 12.7. The molecule has 0 amide bonds. The van der Waals surface area contributed by atoms with Gasteiger partial charge in [-0.1, -0.05) is 15.9 Å². The van der Waals surface area contributed by atoms with E-state index in [0.717, 1.165) is 4.47 Å². The third kappa shape index (κ3) is 6.54. The Balaban J connectivity index is 2.74. The number of halogens is 2. The van der Waals surface area contributed by atoms with Crippen molar-refractivity contribution in [1.29, 1.82) is 0 Å². The Kier molecular flexibility index (Phi) is 6.77. The molecule has 1 aromatic carbocycles. The number of methoxy groups -OCH3 is 1. The number of benzene rings is 1. The van der Waals surface area contributed by atoms with Gasteiger partial charge in [0.2, 0.25) is 0 Å². The molecule has 0 aliphatic carbocycles. The maximum absolute atomic E-state index is 13.8. The number of carbonyl (C=O) groups is 1. The SMILES string of the molecule is COC(=O)[C@H](Cc1cc(Br)ccc1F)NCOC(C)(C)C. The molecule has 0 aliphatic heterocycles. The van der Waals surface area contributed by atoms with Gasteiger partial charge in [-0.05, 0) is 44.5 Å². The monoisotopic (exact) mass is 361 g/mol.